The highest BCUT2D eigenvalue weighted by molar-refractivity contribution is 6.31. The Bertz CT molecular complexity index is 798. The van der Waals surface area contributed by atoms with Gasteiger partial charge >= 0.3 is 0 Å². The zero-order chi connectivity index (χ0) is 18.6. The molecular formula is C19H21ClN2O3. The second kappa shape index (κ2) is 8.03. The Morgan fingerprint density at radius 1 is 0.960 bits per heavy atom. The molecule has 0 saturated heterocycles. The topological polar surface area (TPSA) is 67.4 Å². The van der Waals surface area contributed by atoms with Crippen molar-refractivity contribution < 1.29 is 14.3 Å². The third kappa shape index (κ3) is 5.22. The molecule has 2 N–H and O–H groups in total. The molecule has 0 aliphatic carbocycles. The van der Waals surface area contributed by atoms with Crippen LogP contribution < -0.4 is 15.4 Å². The lowest BCUT2D eigenvalue weighted by atomic mass is 10.1. The van der Waals surface area contributed by atoms with Gasteiger partial charge in [0.25, 0.3) is 0 Å². The Morgan fingerprint density at radius 3 is 2.16 bits per heavy atom. The monoisotopic (exact) mass is 360 g/mol. The number of benzene rings is 2. The highest BCUT2D eigenvalue weighted by Crippen LogP contribution is 2.31. The first-order chi connectivity index (χ1) is 11.8. The summed E-state index contributed by atoms with van der Waals surface area (Å²) < 4.78 is 5.21. The number of anilines is 2. The van der Waals surface area contributed by atoms with Gasteiger partial charge in [-0.3, -0.25) is 9.59 Å². The van der Waals surface area contributed by atoms with Crippen molar-refractivity contribution in [3.63, 3.8) is 0 Å². The minimum absolute atomic E-state index is 0.294. The SMILES string of the molecule is COc1cc(Cl)c(C)cc1NC(=O)CC(=O)Nc1cc(C)cc(C)c1. The summed E-state index contributed by atoms with van der Waals surface area (Å²) in [6.45, 7) is 5.72. The van der Waals surface area contributed by atoms with Crippen LogP contribution in [0.3, 0.4) is 0 Å². The van der Waals surface area contributed by atoms with Gasteiger partial charge in [-0.05, 0) is 55.7 Å². The molecule has 2 aromatic rings. The number of hydrogen-bond donors (Lipinski definition) is 2. The Hall–Kier alpha value is -2.53. The largest absolute Gasteiger partial charge is 0.495 e. The van der Waals surface area contributed by atoms with E-state index in [0.717, 1.165) is 16.7 Å². The predicted octanol–water partition coefficient (Wildman–Crippen LogP) is 4.24. The van der Waals surface area contributed by atoms with Crippen LogP contribution in [0.2, 0.25) is 5.02 Å². The van der Waals surface area contributed by atoms with Gasteiger partial charge in [0.2, 0.25) is 11.8 Å². The molecule has 0 aromatic heterocycles. The molecule has 0 atom stereocenters. The van der Waals surface area contributed by atoms with Crippen molar-refractivity contribution in [3.8, 4) is 5.75 Å². The molecule has 2 aromatic carbocycles. The van der Waals surface area contributed by atoms with Crippen molar-refractivity contribution in [1.29, 1.82) is 0 Å². The summed E-state index contributed by atoms with van der Waals surface area (Å²) in [5.74, 6) is -0.368. The normalized spacial score (nSPS) is 10.3. The summed E-state index contributed by atoms with van der Waals surface area (Å²) in [6, 6.07) is 9.06. The van der Waals surface area contributed by atoms with Gasteiger partial charge in [0.15, 0.2) is 0 Å². The van der Waals surface area contributed by atoms with E-state index in [2.05, 4.69) is 10.6 Å². The van der Waals surface area contributed by atoms with Crippen LogP contribution in [0.1, 0.15) is 23.1 Å². The van der Waals surface area contributed by atoms with E-state index in [4.69, 9.17) is 16.3 Å². The van der Waals surface area contributed by atoms with E-state index in [1.807, 2.05) is 39.0 Å². The van der Waals surface area contributed by atoms with E-state index in [0.29, 0.717) is 22.1 Å². The smallest absolute Gasteiger partial charge is 0.233 e. The lowest BCUT2D eigenvalue weighted by Gasteiger charge is -2.12. The number of halogens is 1. The van der Waals surface area contributed by atoms with Gasteiger partial charge in [0.1, 0.15) is 12.2 Å². The maximum atomic E-state index is 12.2. The van der Waals surface area contributed by atoms with E-state index in [1.165, 1.54) is 7.11 Å². The van der Waals surface area contributed by atoms with Gasteiger partial charge in [-0.2, -0.15) is 0 Å². The molecule has 0 radical (unpaired) electrons. The van der Waals surface area contributed by atoms with E-state index in [9.17, 15) is 9.59 Å². The summed E-state index contributed by atoms with van der Waals surface area (Å²) in [7, 11) is 1.49. The highest BCUT2D eigenvalue weighted by atomic mass is 35.5. The molecular weight excluding hydrogens is 340 g/mol. The number of carbonyl (C=O) groups is 2. The van der Waals surface area contributed by atoms with Crippen molar-refractivity contribution >= 4 is 34.8 Å². The summed E-state index contributed by atoms with van der Waals surface area (Å²) >= 11 is 6.04. The quantitative estimate of drug-likeness (QED) is 0.783. The molecule has 0 unspecified atom stereocenters. The Balaban J connectivity index is 2.02. The molecule has 132 valence electrons. The molecule has 2 rings (SSSR count). The summed E-state index contributed by atoms with van der Waals surface area (Å²) in [5.41, 5.74) is 4.04. The number of nitrogens with one attached hydrogen (secondary N) is 2. The van der Waals surface area contributed by atoms with Gasteiger partial charge < -0.3 is 15.4 Å². The first-order valence-electron chi connectivity index (χ1n) is 7.80. The Morgan fingerprint density at radius 2 is 1.56 bits per heavy atom. The Labute approximate surface area is 152 Å². The fourth-order valence-corrected chi connectivity index (χ4v) is 2.68. The second-order valence-electron chi connectivity index (χ2n) is 5.95. The molecule has 0 saturated carbocycles. The molecule has 0 aliphatic heterocycles. The van der Waals surface area contributed by atoms with E-state index < -0.39 is 5.91 Å². The van der Waals surface area contributed by atoms with Gasteiger partial charge in [-0.1, -0.05) is 17.7 Å². The zero-order valence-corrected chi connectivity index (χ0v) is 15.5. The maximum absolute atomic E-state index is 12.2. The van der Waals surface area contributed by atoms with Crippen LogP contribution in [-0.2, 0) is 9.59 Å². The molecule has 6 heteroatoms. The molecule has 25 heavy (non-hydrogen) atoms. The van der Waals surface area contributed by atoms with Crippen molar-refractivity contribution in [2.75, 3.05) is 17.7 Å². The molecule has 0 aliphatic rings. The standard InChI is InChI=1S/C19H21ClN2O3/c1-11-5-12(2)7-14(6-11)21-18(23)10-19(24)22-16-8-13(3)15(20)9-17(16)25-4/h5-9H,10H2,1-4H3,(H,21,23)(H,22,24). The molecule has 2 amide bonds. The summed E-state index contributed by atoms with van der Waals surface area (Å²) in [6.07, 6.45) is -0.294. The first kappa shape index (κ1) is 18.8. The van der Waals surface area contributed by atoms with Crippen LogP contribution in [0, 0.1) is 20.8 Å². The zero-order valence-electron chi connectivity index (χ0n) is 14.7. The number of amides is 2. The summed E-state index contributed by atoms with van der Waals surface area (Å²) in [4.78, 5) is 24.2. The number of rotatable bonds is 5. The van der Waals surface area contributed by atoms with Crippen LogP contribution in [0.25, 0.3) is 0 Å². The molecule has 0 spiro atoms. The number of methoxy groups -OCH3 is 1. The van der Waals surface area contributed by atoms with Crippen molar-refractivity contribution in [2.45, 2.75) is 27.2 Å². The number of hydrogen-bond acceptors (Lipinski definition) is 3. The van der Waals surface area contributed by atoms with Gasteiger partial charge in [-0.25, -0.2) is 0 Å². The van der Waals surface area contributed by atoms with Crippen LogP contribution in [0.5, 0.6) is 5.75 Å². The predicted molar refractivity (Wildman–Crippen MR) is 101 cm³/mol. The van der Waals surface area contributed by atoms with Crippen molar-refractivity contribution in [1.82, 2.24) is 0 Å². The molecule has 0 fully saturated rings. The Kier molecular flexibility index (Phi) is 6.04. The lowest BCUT2D eigenvalue weighted by Crippen LogP contribution is -2.21. The number of carbonyl (C=O) groups excluding carboxylic acids is 2. The molecule has 5 nitrogen and oxygen atoms in total. The number of ether oxygens (including phenoxy) is 1. The number of aryl methyl sites for hydroxylation is 3. The fraction of sp³-hybridized carbons (Fsp3) is 0.263. The third-order valence-electron chi connectivity index (χ3n) is 3.58. The minimum Gasteiger partial charge on any atom is -0.495 e. The van der Waals surface area contributed by atoms with E-state index in [1.54, 1.807) is 12.1 Å². The maximum Gasteiger partial charge on any atom is 0.233 e. The van der Waals surface area contributed by atoms with E-state index in [-0.39, 0.29) is 12.3 Å². The van der Waals surface area contributed by atoms with Crippen LogP contribution in [0.4, 0.5) is 11.4 Å². The highest BCUT2D eigenvalue weighted by Gasteiger charge is 2.14. The van der Waals surface area contributed by atoms with E-state index >= 15 is 0 Å². The molecule has 0 heterocycles. The van der Waals surface area contributed by atoms with Crippen LogP contribution in [0.15, 0.2) is 30.3 Å². The first-order valence-corrected chi connectivity index (χ1v) is 8.18. The lowest BCUT2D eigenvalue weighted by molar-refractivity contribution is -0.123. The summed E-state index contributed by atoms with van der Waals surface area (Å²) in [5, 5.41) is 5.97. The molecule has 0 bridgehead atoms. The third-order valence-corrected chi connectivity index (χ3v) is 3.99. The minimum atomic E-state index is -0.429. The second-order valence-corrected chi connectivity index (χ2v) is 6.36. The van der Waals surface area contributed by atoms with Crippen molar-refractivity contribution in [2.24, 2.45) is 0 Å². The van der Waals surface area contributed by atoms with Crippen LogP contribution in [-0.4, -0.2) is 18.9 Å². The average molecular weight is 361 g/mol. The van der Waals surface area contributed by atoms with Gasteiger partial charge in [0, 0.05) is 16.8 Å². The van der Waals surface area contributed by atoms with Crippen LogP contribution >= 0.6 is 11.6 Å². The van der Waals surface area contributed by atoms with Gasteiger partial charge in [-0.15, -0.1) is 0 Å². The van der Waals surface area contributed by atoms with Gasteiger partial charge in [0.05, 0.1) is 12.8 Å². The average Bonchev–Trinajstić information content (AvgIpc) is 2.49. The fourth-order valence-electron chi connectivity index (χ4n) is 2.52. The van der Waals surface area contributed by atoms with Crippen molar-refractivity contribution in [3.05, 3.63) is 52.0 Å².